The highest BCUT2D eigenvalue weighted by molar-refractivity contribution is 5.92. The van der Waals surface area contributed by atoms with Gasteiger partial charge in [0.2, 0.25) is 11.8 Å². The van der Waals surface area contributed by atoms with E-state index >= 15 is 0 Å². The number of esters is 1. The predicted molar refractivity (Wildman–Crippen MR) is 182 cm³/mol. The number of carbonyl (C=O) groups excluding carboxylic acids is 3. The topological polar surface area (TPSA) is 94.2 Å². The quantitative estimate of drug-likeness (QED) is 0.204. The molecule has 5 fully saturated rings. The van der Waals surface area contributed by atoms with Crippen LogP contribution in [0.5, 0.6) is 0 Å². The third-order valence-electron chi connectivity index (χ3n) is 12.6. The SMILES string of the molecule is COC(=O)[C@]12C[C@H](CC(=O)NCC34CC5CC(CC(C5)C3)C4)C(=O)N(CCC3=CCCCC3)C1=C[C@H](COCc1ccccc1)O[C@@H]2C. The van der Waals surface area contributed by atoms with Gasteiger partial charge in [0.15, 0.2) is 0 Å². The maximum absolute atomic E-state index is 14.4. The first-order valence-electron chi connectivity index (χ1n) is 18.6. The average Bonchev–Trinajstić information content (AvgIpc) is 3.08. The Kier molecular flexibility index (Phi) is 9.85. The number of rotatable bonds is 12. The van der Waals surface area contributed by atoms with Crippen LogP contribution in [0.15, 0.2) is 53.8 Å². The van der Waals surface area contributed by atoms with Gasteiger partial charge in [-0.15, -0.1) is 0 Å². The Morgan fingerprint density at radius 2 is 1.75 bits per heavy atom. The number of ether oxygens (including phenoxy) is 3. The lowest BCUT2D eigenvalue weighted by Gasteiger charge is -2.57. The molecule has 1 aromatic carbocycles. The summed E-state index contributed by atoms with van der Waals surface area (Å²) in [6.07, 6.45) is 16.4. The van der Waals surface area contributed by atoms with Gasteiger partial charge in [0, 0.05) is 31.1 Å². The molecule has 48 heavy (non-hydrogen) atoms. The molecule has 0 unspecified atom stereocenters. The van der Waals surface area contributed by atoms with E-state index in [1.807, 2.05) is 43.3 Å². The van der Waals surface area contributed by atoms with Crippen molar-refractivity contribution in [3.8, 4) is 0 Å². The molecule has 0 spiro atoms. The highest BCUT2D eigenvalue weighted by atomic mass is 16.5. The number of nitrogens with zero attached hydrogens (tertiary/aromatic N) is 1. The number of fused-ring (bicyclic) bond motifs is 1. The molecule has 4 saturated carbocycles. The minimum absolute atomic E-state index is 0.0623. The zero-order valence-corrected chi connectivity index (χ0v) is 28.9. The van der Waals surface area contributed by atoms with Crippen LogP contribution < -0.4 is 5.32 Å². The third-order valence-corrected chi connectivity index (χ3v) is 12.6. The maximum atomic E-state index is 14.4. The second kappa shape index (κ2) is 14.1. The molecule has 0 aromatic heterocycles. The summed E-state index contributed by atoms with van der Waals surface area (Å²) in [4.78, 5) is 43.8. The summed E-state index contributed by atoms with van der Waals surface area (Å²) >= 11 is 0. The first-order chi connectivity index (χ1) is 23.3. The van der Waals surface area contributed by atoms with E-state index in [-0.39, 0.29) is 30.1 Å². The van der Waals surface area contributed by atoms with Crippen LogP contribution in [0.2, 0.25) is 0 Å². The van der Waals surface area contributed by atoms with Crippen molar-refractivity contribution in [3.63, 3.8) is 0 Å². The van der Waals surface area contributed by atoms with Gasteiger partial charge in [0.25, 0.3) is 0 Å². The highest BCUT2D eigenvalue weighted by Crippen LogP contribution is 2.59. The minimum atomic E-state index is -1.19. The second-order valence-electron chi connectivity index (χ2n) is 16.0. The van der Waals surface area contributed by atoms with Gasteiger partial charge < -0.3 is 24.4 Å². The number of likely N-dealkylation sites (tertiary alicyclic amines) is 1. The molecule has 2 heterocycles. The minimum Gasteiger partial charge on any atom is -0.468 e. The van der Waals surface area contributed by atoms with Crippen LogP contribution in [-0.2, 0) is 35.2 Å². The number of methoxy groups -OCH3 is 1. The standard InChI is InChI=1S/C40H54N2O6/c1-27-40(38(45)46-2)23-33(18-36(43)41-26-39-20-30-15-31(21-39)17-32(16-30)22-39)37(44)42(14-13-28-9-5-3-6-10-28)35(40)19-34(48-27)25-47-24-29-11-7-4-8-12-29/h4,7-9,11-12,19,27,30-34H,3,5-6,10,13-18,20-26H2,1-2H3,(H,41,43)/t27-,30?,31?,32?,33+,34-,39?,40+/m1/s1. The van der Waals surface area contributed by atoms with Gasteiger partial charge in [-0.05, 0) is 119 Å². The van der Waals surface area contributed by atoms with Gasteiger partial charge in [-0.3, -0.25) is 14.4 Å². The molecule has 8 nitrogen and oxygen atoms in total. The highest BCUT2D eigenvalue weighted by Gasteiger charge is 2.59. The molecule has 7 aliphatic rings. The van der Waals surface area contributed by atoms with Gasteiger partial charge in [-0.1, -0.05) is 42.0 Å². The van der Waals surface area contributed by atoms with Crippen LogP contribution in [-0.4, -0.2) is 61.7 Å². The lowest BCUT2D eigenvalue weighted by atomic mass is 9.49. The Morgan fingerprint density at radius 1 is 1.02 bits per heavy atom. The van der Waals surface area contributed by atoms with E-state index in [0.29, 0.717) is 32.0 Å². The molecule has 1 N–H and O–H groups in total. The Morgan fingerprint density at radius 3 is 2.42 bits per heavy atom. The molecule has 1 saturated heterocycles. The summed E-state index contributed by atoms with van der Waals surface area (Å²) in [5.41, 5.74) is 2.10. The lowest BCUT2D eigenvalue weighted by Crippen LogP contribution is -2.60. The normalized spacial score (nSPS) is 35.5. The Bertz CT molecular complexity index is 1380. The fourth-order valence-electron chi connectivity index (χ4n) is 10.7. The van der Waals surface area contributed by atoms with Crippen LogP contribution >= 0.6 is 0 Å². The summed E-state index contributed by atoms with van der Waals surface area (Å²) < 4.78 is 18.0. The van der Waals surface area contributed by atoms with E-state index in [0.717, 1.165) is 49.0 Å². The predicted octanol–water partition coefficient (Wildman–Crippen LogP) is 6.50. The largest absolute Gasteiger partial charge is 0.468 e. The van der Waals surface area contributed by atoms with E-state index < -0.39 is 29.5 Å². The molecule has 5 aliphatic carbocycles. The molecular formula is C40H54N2O6. The van der Waals surface area contributed by atoms with E-state index in [1.54, 1.807) is 4.90 Å². The monoisotopic (exact) mass is 658 g/mol. The van der Waals surface area contributed by atoms with Crippen molar-refractivity contribution in [2.45, 2.75) is 109 Å². The summed E-state index contributed by atoms with van der Waals surface area (Å²) in [6.45, 7) is 3.80. The van der Waals surface area contributed by atoms with E-state index in [2.05, 4.69) is 11.4 Å². The molecule has 8 heteroatoms. The summed E-state index contributed by atoms with van der Waals surface area (Å²) in [5.74, 6) is 1.19. The molecule has 260 valence electrons. The van der Waals surface area contributed by atoms with Crippen molar-refractivity contribution in [1.29, 1.82) is 0 Å². The molecule has 8 rings (SSSR count). The Hall–Kier alpha value is -2.97. The zero-order chi connectivity index (χ0) is 33.3. The van der Waals surface area contributed by atoms with Crippen molar-refractivity contribution in [1.82, 2.24) is 10.2 Å². The van der Waals surface area contributed by atoms with Gasteiger partial charge in [-0.2, -0.15) is 0 Å². The van der Waals surface area contributed by atoms with E-state index in [9.17, 15) is 14.4 Å². The number of piperidine rings is 1. The van der Waals surface area contributed by atoms with E-state index in [4.69, 9.17) is 14.2 Å². The average molecular weight is 659 g/mol. The van der Waals surface area contributed by atoms with Gasteiger partial charge in [0.05, 0.1) is 26.4 Å². The number of hydrogen-bond acceptors (Lipinski definition) is 6. The summed E-state index contributed by atoms with van der Waals surface area (Å²) in [5, 5.41) is 3.29. The van der Waals surface area contributed by atoms with E-state index in [1.165, 1.54) is 57.6 Å². The number of benzene rings is 1. The Labute approximate surface area is 286 Å². The van der Waals surface area contributed by atoms with Gasteiger partial charge in [0.1, 0.15) is 11.5 Å². The fourth-order valence-corrected chi connectivity index (χ4v) is 10.7. The summed E-state index contributed by atoms with van der Waals surface area (Å²) in [6, 6.07) is 9.98. The van der Waals surface area contributed by atoms with Crippen molar-refractivity contribution >= 4 is 17.8 Å². The van der Waals surface area contributed by atoms with Crippen LogP contribution in [0.3, 0.4) is 0 Å². The second-order valence-corrected chi connectivity index (χ2v) is 16.0. The molecular weight excluding hydrogens is 604 g/mol. The van der Waals surface area contributed by atoms with Crippen molar-refractivity contribution < 1.29 is 28.6 Å². The van der Waals surface area contributed by atoms with Gasteiger partial charge in [-0.25, -0.2) is 0 Å². The number of hydrogen-bond donors (Lipinski definition) is 1. The fraction of sp³-hybridized carbons (Fsp3) is 0.675. The maximum Gasteiger partial charge on any atom is 0.320 e. The molecule has 1 aromatic rings. The smallest absolute Gasteiger partial charge is 0.320 e. The summed E-state index contributed by atoms with van der Waals surface area (Å²) in [7, 11) is 1.40. The molecule has 0 radical (unpaired) electrons. The van der Waals surface area contributed by atoms with Crippen molar-refractivity contribution in [2.24, 2.45) is 34.5 Å². The van der Waals surface area contributed by atoms with Crippen LogP contribution in [0.4, 0.5) is 0 Å². The van der Waals surface area contributed by atoms with Crippen molar-refractivity contribution in [3.05, 3.63) is 59.3 Å². The molecule has 2 amide bonds. The Balaban J connectivity index is 1.10. The zero-order valence-electron chi connectivity index (χ0n) is 28.9. The molecule has 4 bridgehead atoms. The third kappa shape index (κ3) is 6.76. The van der Waals surface area contributed by atoms with Crippen LogP contribution in [0.25, 0.3) is 0 Å². The van der Waals surface area contributed by atoms with Crippen LogP contribution in [0, 0.1) is 34.5 Å². The molecule has 2 aliphatic heterocycles. The lowest BCUT2D eigenvalue weighted by molar-refractivity contribution is -0.178. The van der Waals surface area contributed by atoms with Gasteiger partial charge >= 0.3 is 5.97 Å². The first-order valence-corrected chi connectivity index (χ1v) is 18.6. The van der Waals surface area contributed by atoms with Crippen molar-refractivity contribution in [2.75, 3.05) is 26.8 Å². The number of carbonyl (C=O) groups is 3. The number of amides is 2. The first kappa shape index (κ1) is 33.5. The van der Waals surface area contributed by atoms with Crippen LogP contribution in [0.1, 0.15) is 96.0 Å². The molecule has 4 atom stereocenters. The number of nitrogens with one attached hydrogen (secondary N) is 1. The number of allylic oxidation sites excluding steroid dienone is 1.